The number of hydrogen-bond acceptors (Lipinski definition) is 5. The molecule has 3 heterocycles. The Bertz CT molecular complexity index is 1270. The van der Waals surface area contributed by atoms with Crippen LogP contribution in [0.15, 0.2) is 23.1 Å². The summed E-state index contributed by atoms with van der Waals surface area (Å²) in [4.78, 5) is 38.7. The summed E-state index contributed by atoms with van der Waals surface area (Å²) in [5, 5.41) is 11.9. The first-order chi connectivity index (χ1) is 16.4. The van der Waals surface area contributed by atoms with E-state index in [2.05, 4.69) is 5.32 Å². The Kier molecular flexibility index (Phi) is 6.49. The van der Waals surface area contributed by atoms with E-state index in [1.165, 1.54) is 0 Å². The van der Waals surface area contributed by atoms with Crippen LogP contribution >= 0.6 is 11.6 Å². The lowest BCUT2D eigenvalue weighted by Crippen LogP contribution is -2.57. The molecule has 0 aliphatic carbocycles. The van der Waals surface area contributed by atoms with E-state index < -0.39 is 82.3 Å². The highest BCUT2D eigenvalue weighted by Gasteiger charge is 2.47. The number of fused-ring (bicyclic) bond motifs is 3. The van der Waals surface area contributed by atoms with Crippen LogP contribution in [0.3, 0.4) is 0 Å². The number of nitrogens with zero attached hydrogens (tertiary/aromatic N) is 2. The van der Waals surface area contributed by atoms with Gasteiger partial charge in [0.05, 0.1) is 18.7 Å². The lowest BCUT2D eigenvalue weighted by atomic mass is 9.95. The van der Waals surface area contributed by atoms with Crippen LogP contribution in [-0.2, 0) is 11.3 Å². The highest BCUT2D eigenvalue weighted by atomic mass is 35.5. The van der Waals surface area contributed by atoms with E-state index in [9.17, 15) is 41.4 Å². The number of pyridine rings is 1. The first-order valence-electron chi connectivity index (χ1n) is 10.2. The Balaban J connectivity index is 1.69. The van der Waals surface area contributed by atoms with Crippen LogP contribution in [0.2, 0.25) is 5.02 Å². The first-order valence-corrected chi connectivity index (χ1v) is 10.6. The van der Waals surface area contributed by atoms with Crippen molar-refractivity contribution >= 4 is 23.4 Å². The van der Waals surface area contributed by atoms with Gasteiger partial charge in [-0.15, -0.1) is 0 Å². The molecule has 4 rings (SSSR count). The number of aromatic nitrogens is 1. The van der Waals surface area contributed by atoms with Gasteiger partial charge in [0.1, 0.15) is 28.8 Å². The Hall–Kier alpha value is -3.19. The van der Waals surface area contributed by atoms with E-state index in [0.717, 1.165) is 22.9 Å². The fraction of sp³-hybridized carbons (Fsp3) is 0.381. The molecule has 14 heteroatoms. The molecule has 1 saturated heterocycles. The van der Waals surface area contributed by atoms with Crippen molar-refractivity contribution in [3.8, 4) is 5.75 Å². The maximum absolute atomic E-state index is 14.1. The number of carbonyl (C=O) groups is 2. The highest BCUT2D eigenvalue weighted by Crippen LogP contribution is 2.36. The average Bonchev–Trinajstić information content (AvgIpc) is 2.80. The van der Waals surface area contributed by atoms with Gasteiger partial charge in [-0.1, -0.05) is 17.7 Å². The number of nitrogens with one attached hydrogen (secondary N) is 1. The quantitative estimate of drug-likeness (QED) is 0.476. The number of amides is 2. The zero-order chi connectivity index (χ0) is 25.7. The van der Waals surface area contributed by atoms with Crippen molar-refractivity contribution in [3.05, 3.63) is 62.0 Å². The molecule has 1 aromatic carbocycles. The van der Waals surface area contributed by atoms with Crippen LogP contribution in [0, 0.1) is 11.6 Å². The van der Waals surface area contributed by atoms with E-state index in [-0.39, 0.29) is 25.2 Å². The van der Waals surface area contributed by atoms with Gasteiger partial charge in [-0.05, 0) is 12.5 Å². The summed E-state index contributed by atoms with van der Waals surface area (Å²) in [7, 11) is 0. The van der Waals surface area contributed by atoms with E-state index in [1.54, 1.807) is 0 Å². The number of benzene rings is 1. The number of alkyl halides is 3. The number of rotatable bonds is 4. The van der Waals surface area contributed by atoms with Gasteiger partial charge in [0.2, 0.25) is 5.43 Å². The Morgan fingerprint density at radius 1 is 1.23 bits per heavy atom. The molecule has 1 fully saturated rings. The number of carbonyl (C=O) groups excluding carboxylic acids is 2. The van der Waals surface area contributed by atoms with Crippen molar-refractivity contribution < 1.29 is 41.4 Å². The molecule has 0 unspecified atom stereocenters. The molecular formula is C21H17ClF5N3O5. The lowest BCUT2D eigenvalue weighted by Gasteiger charge is -2.45. The second kappa shape index (κ2) is 9.11. The minimum Gasteiger partial charge on any atom is -0.503 e. The number of hydrogen-bond donors (Lipinski definition) is 2. The Morgan fingerprint density at radius 3 is 2.63 bits per heavy atom. The molecule has 2 aromatic rings. The van der Waals surface area contributed by atoms with Gasteiger partial charge < -0.3 is 24.6 Å². The van der Waals surface area contributed by atoms with Crippen LogP contribution in [0.5, 0.6) is 5.75 Å². The minimum absolute atomic E-state index is 0.133. The van der Waals surface area contributed by atoms with Crippen molar-refractivity contribution in [2.45, 2.75) is 31.2 Å². The molecule has 0 saturated carbocycles. The van der Waals surface area contributed by atoms with Crippen molar-refractivity contribution in [2.24, 2.45) is 0 Å². The molecule has 0 bridgehead atoms. The first kappa shape index (κ1) is 24.9. The standard InChI is InChI=1S/C21H17ClF5N3O5/c22-14-11(23)2-1-9(15(14)24)5-28-19(33)10-6-29-12-3-4-35-7-13(12)30(8-21(25,26)27)20(34)16(29)18(32)17(10)31/h1-2,6,12-13,32H,3-5,7-8H2,(H,28,33)/t12-,13+/m0/s1. The molecule has 1 aromatic heterocycles. The van der Waals surface area contributed by atoms with Crippen LogP contribution in [0.4, 0.5) is 22.0 Å². The maximum atomic E-state index is 14.1. The van der Waals surface area contributed by atoms with Gasteiger partial charge in [0.25, 0.3) is 11.8 Å². The van der Waals surface area contributed by atoms with Crippen LogP contribution < -0.4 is 10.7 Å². The van der Waals surface area contributed by atoms with Crippen LogP contribution in [-0.4, -0.2) is 58.4 Å². The zero-order valence-electron chi connectivity index (χ0n) is 17.7. The Morgan fingerprint density at radius 2 is 1.94 bits per heavy atom. The second-order valence-corrected chi connectivity index (χ2v) is 8.42. The molecule has 2 amide bonds. The van der Waals surface area contributed by atoms with Crippen molar-refractivity contribution in [1.82, 2.24) is 14.8 Å². The Labute approximate surface area is 198 Å². The molecule has 2 aliphatic rings. The van der Waals surface area contributed by atoms with Crippen LogP contribution in [0.1, 0.15) is 38.9 Å². The summed E-state index contributed by atoms with van der Waals surface area (Å²) in [6.45, 7) is -2.19. The van der Waals surface area contributed by atoms with E-state index in [0.29, 0.717) is 4.90 Å². The number of ether oxygens (including phenoxy) is 1. The third kappa shape index (κ3) is 4.57. The van der Waals surface area contributed by atoms with Crippen molar-refractivity contribution in [1.29, 1.82) is 0 Å². The van der Waals surface area contributed by atoms with Crippen molar-refractivity contribution in [3.63, 3.8) is 0 Å². The predicted molar refractivity (Wildman–Crippen MR) is 110 cm³/mol. The van der Waals surface area contributed by atoms with Gasteiger partial charge in [0, 0.05) is 24.9 Å². The molecule has 188 valence electrons. The molecule has 2 aliphatic heterocycles. The number of halogens is 6. The van der Waals surface area contributed by atoms with Gasteiger partial charge in [-0.3, -0.25) is 14.4 Å². The van der Waals surface area contributed by atoms with Gasteiger partial charge in [-0.25, -0.2) is 8.78 Å². The smallest absolute Gasteiger partial charge is 0.406 e. The predicted octanol–water partition coefficient (Wildman–Crippen LogP) is 2.76. The highest BCUT2D eigenvalue weighted by molar-refractivity contribution is 6.30. The monoisotopic (exact) mass is 521 g/mol. The maximum Gasteiger partial charge on any atom is 0.406 e. The molecule has 0 radical (unpaired) electrons. The topological polar surface area (TPSA) is 101 Å². The molecule has 0 spiro atoms. The molecule has 2 atom stereocenters. The minimum atomic E-state index is -4.74. The van der Waals surface area contributed by atoms with Crippen molar-refractivity contribution in [2.75, 3.05) is 19.8 Å². The SMILES string of the molecule is O=C(NCc1ccc(F)c(Cl)c1F)c1cn2c(c(O)c1=O)C(=O)N(CC(F)(F)F)[C@@H]1COCC[C@@H]12. The number of aromatic hydroxyl groups is 1. The normalized spacial score (nSPS) is 19.8. The average molecular weight is 522 g/mol. The van der Waals surface area contributed by atoms with Gasteiger partial charge in [0.15, 0.2) is 11.4 Å². The van der Waals surface area contributed by atoms with E-state index in [1.807, 2.05) is 0 Å². The zero-order valence-corrected chi connectivity index (χ0v) is 18.4. The van der Waals surface area contributed by atoms with Gasteiger partial charge in [-0.2, -0.15) is 13.2 Å². The van der Waals surface area contributed by atoms with E-state index >= 15 is 0 Å². The summed E-state index contributed by atoms with van der Waals surface area (Å²) in [6.07, 6.45) is -3.62. The molecular weight excluding hydrogens is 505 g/mol. The summed E-state index contributed by atoms with van der Waals surface area (Å²) in [6, 6.07) is 0.0498. The molecule has 35 heavy (non-hydrogen) atoms. The largest absolute Gasteiger partial charge is 0.503 e. The second-order valence-electron chi connectivity index (χ2n) is 8.04. The fourth-order valence-electron chi connectivity index (χ4n) is 4.23. The lowest BCUT2D eigenvalue weighted by molar-refractivity contribution is -0.153. The third-order valence-electron chi connectivity index (χ3n) is 5.87. The summed E-state index contributed by atoms with van der Waals surface area (Å²) in [5.41, 5.74) is -2.77. The van der Waals surface area contributed by atoms with Crippen LogP contribution in [0.25, 0.3) is 0 Å². The summed E-state index contributed by atoms with van der Waals surface area (Å²) < 4.78 is 73.2. The fourth-order valence-corrected chi connectivity index (χ4v) is 4.41. The third-order valence-corrected chi connectivity index (χ3v) is 6.22. The summed E-state index contributed by atoms with van der Waals surface area (Å²) >= 11 is 5.51. The molecule has 8 nitrogen and oxygen atoms in total. The summed E-state index contributed by atoms with van der Waals surface area (Å²) in [5.74, 6) is -5.60. The van der Waals surface area contributed by atoms with Gasteiger partial charge >= 0.3 is 6.18 Å². The van der Waals surface area contributed by atoms with E-state index in [4.69, 9.17) is 16.3 Å². The molecule has 2 N–H and O–H groups in total.